The van der Waals surface area contributed by atoms with Crippen molar-refractivity contribution >= 4 is 15.9 Å². The van der Waals surface area contributed by atoms with Gasteiger partial charge in [0, 0.05) is 26.6 Å². The summed E-state index contributed by atoms with van der Waals surface area (Å²) in [6, 6.07) is -0.0424. The summed E-state index contributed by atoms with van der Waals surface area (Å²) in [5.41, 5.74) is 0. The molecule has 0 rings (SSSR count). The summed E-state index contributed by atoms with van der Waals surface area (Å²) in [6.45, 7) is 9.46. The van der Waals surface area contributed by atoms with Crippen LogP contribution in [0.5, 0.6) is 0 Å². The minimum Gasteiger partial charge on any atom is -0.354 e. The van der Waals surface area contributed by atoms with E-state index in [-0.39, 0.29) is 29.5 Å². The molecule has 1 amide bonds. The first-order valence-corrected chi connectivity index (χ1v) is 7.88. The van der Waals surface area contributed by atoms with E-state index in [1.807, 2.05) is 27.7 Å². The molecule has 0 aromatic carbocycles. The quantitative estimate of drug-likeness (QED) is 0.757. The first kappa shape index (κ1) is 17.4. The van der Waals surface area contributed by atoms with Crippen molar-refractivity contribution in [3.05, 3.63) is 0 Å². The fourth-order valence-electron chi connectivity index (χ4n) is 1.69. The van der Waals surface area contributed by atoms with Gasteiger partial charge in [-0.3, -0.25) is 4.79 Å². The molecule has 0 aromatic rings. The summed E-state index contributed by atoms with van der Waals surface area (Å²) in [7, 11) is -1.60. The van der Waals surface area contributed by atoms with Gasteiger partial charge in [0.05, 0.1) is 5.75 Å². The zero-order valence-corrected chi connectivity index (χ0v) is 13.0. The molecule has 0 saturated heterocycles. The van der Waals surface area contributed by atoms with E-state index in [9.17, 15) is 13.2 Å². The van der Waals surface area contributed by atoms with Crippen molar-refractivity contribution in [1.82, 2.24) is 9.62 Å². The van der Waals surface area contributed by atoms with Crippen LogP contribution >= 0.6 is 0 Å². The Morgan fingerprint density at radius 1 is 1.22 bits per heavy atom. The molecule has 0 aliphatic carbocycles. The van der Waals surface area contributed by atoms with Crippen LogP contribution in [0.1, 0.15) is 34.6 Å². The molecule has 2 unspecified atom stereocenters. The molecule has 0 spiro atoms. The van der Waals surface area contributed by atoms with E-state index in [2.05, 4.69) is 5.32 Å². The predicted molar refractivity (Wildman–Crippen MR) is 73.7 cm³/mol. The fraction of sp³-hybridized carbons (Fsp3) is 0.917. The van der Waals surface area contributed by atoms with Gasteiger partial charge in [-0.1, -0.05) is 20.8 Å². The van der Waals surface area contributed by atoms with Crippen LogP contribution < -0.4 is 5.32 Å². The van der Waals surface area contributed by atoms with Crippen molar-refractivity contribution in [2.24, 2.45) is 11.8 Å². The summed E-state index contributed by atoms with van der Waals surface area (Å²) in [4.78, 5) is 10.9. The highest BCUT2D eigenvalue weighted by atomic mass is 32.2. The Bertz CT molecular complexity index is 366. The molecule has 0 heterocycles. The second-order valence-corrected chi connectivity index (χ2v) is 7.54. The highest BCUT2D eigenvalue weighted by Gasteiger charge is 2.23. The zero-order valence-electron chi connectivity index (χ0n) is 12.2. The lowest BCUT2D eigenvalue weighted by molar-refractivity contribution is -0.119. The van der Waals surface area contributed by atoms with Gasteiger partial charge in [0.2, 0.25) is 15.9 Å². The Hall–Kier alpha value is -0.620. The number of sulfonamides is 1. The van der Waals surface area contributed by atoms with Gasteiger partial charge in [-0.05, 0) is 18.8 Å². The summed E-state index contributed by atoms with van der Waals surface area (Å²) >= 11 is 0. The molecule has 6 heteroatoms. The lowest BCUT2D eigenvalue weighted by Crippen LogP contribution is -2.42. The van der Waals surface area contributed by atoms with Crippen LogP contribution in [0.25, 0.3) is 0 Å². The Balaban J connectivity index is 4.47. The third-order valence-corrected chi connectivity index (χ3v) is 5.04. The van der Waals surface area contributed by atoms with Crippen LogP contribution in [0.15, 0.2) is 0 Å². The highest BCUT2D eigenvalue weighted by Crippen LogP contribution is 2.10. The van der Waals surface area contributed by atoms with Gasteiger partial charge in [-0.25, -0.2) is 12.7 Å². The number of nitrogens with zero attached hydrogens (tertiary/aromatic N) is 1. The first-order valence-electron chi connectivity index (χ1n) is 6.27. The summed E-state index contributed by atoms with van der Waals surface area (Å²) in [6.07, 6.45) is 0. The van der Waals surface area contributed by atoms with Gasteiger partial charge < -0.3 is 5.32 Å². The van der Waals surface area contributed by atoms with Gasteiger partial charge in [0.25, 0.3) is 0 Å². The Labute approximate surface area is 111 Å². The lowest BCUT2D eigenvalue weighted by Gasteiger charge is -2.26. The van der Waals surface area contributed by atoms with Gasteiger partial charge in [-0.15, -0.1) is 0 Å². The predicted octanol–water partition coefficient (Wildman–Crippen LogP) is 1.06. The number of rotatable bonds is 7. The molecule has 2 atom stereocenters. The average molecular weight is 278 g/mol. The van der Waals surface area contributed by atoms with Crippen molar-refractivity contribution in [3.8, 4) is 0 Å². The number of nitrogens with one attached hydrogen (secondary N) is 1. The third-order valence-electron chi connectivity index (χ3n) is 2.85. The number of carbonyl (C=O) groups excluding carboxylic acids is 1. The van der Waals surface area contributed by atoms with E-state index in [0.29, 0.717) is 6.54 Å². The maximum absolute atomic E-state index is 12.0. The Kier molecular flexibility index (Phi) is 6.84. The van der Waals surface area contributed by atoms with E-state index in [4.69, 9.17) is 0 Å². The van der Waals surface area contributed by atoms with Gasteiger partial charge in [-0.2, -0.15) is 0 Å². The molecule has 5 nitrogen and oxygen atoms in total. The molecule has 0 saturated carbocycles. The SMILES string of the molecule is CC(=O)NC(C)C(C)CN(C)S(=O)(=O)CC(C)C. The third kappa shape index (κ3) is 6.35. The van der Waals surface area contributed by atoms with Gasteiger partial charge in [0.15, 0.2) is 0 Å². The molecule has 0 aliphatic rings. The zero-order chi connectivity index (χ0) is 14.5. The molecule has 108 valence electrons. The molecule has 0 fully saturated rings. The molecule has 0 aromatic heterocycles. The van der Waals surface area contributed by atoms with Gasteiger partial charge >= 0.3 is 0 Å². The van der Waals surface area contributed by atoms with Crippen LogP contribution in [-0.4, -0.2) is 44.0 Å². The summed E-state index contributed by atoms with van der Waals surface area (Å²) < 4.78 is 25.3. The minimum atomic E-state index is -3.20. The molecule has 0 bridgehead atoms. The van der Waals surface area contributed by atoms with E-state index >= 15 is 0 Å². The van der Waals surface area contributed by atoms with Crippen LogP contribution in [0.3, 0.4) is 0 Å². The van der Waals surface area contributed by atoms with Gasteiger partial charge in [0.1, 0.15) is 0 Å². The van der Waals surface area contributed by atoms with E-state index in [0.717, 1.165) is 0 Å². The fourth-order valence-corrected chi connectivity index (χ4v) is 3.25. The highest BCUT2D eigenvalue weighted by molar-refractivity contribution is 7.89. The second kappa shape index (κ2) is 7.09. The Morgan fingerprint density at radius 3 is 2.11 bits per heavy atom. The van der Waals surface area contributed by atoms with Crippen molar-refractivity contribution < 1.29 is 13.2 Å². The number of amides is 1. The molecule has 0 aliphatic heterocycles. The molecular weight excluding hydrogens is 252 g/mol. The smallest absolute Gasteiger partial charge is 0.217 e. The lowest BCUT2D eigenvalue weighted by atomic mass is 10.0. The maximum atomic E-state index is 12.0. The van der Waals surface area contributed by atoms with E-state index in [1.165, 1.54) is 11.2 Å². The van der Waals surface area contributed by atoms with E-state index < -0.39 is 10.0 Å². The van der Waals surface area contributed by atoms with Crippen molar-refractivity contribution in [3.63, 3.8) is 0 Å². The molecule has 1 N–H and O–H groups in total. The maximum Gasteiger partial charge on any atom is 0.217 e. The van der Waals surface area contributed by atoms with Crippen LogP contribution in [0.2, 0.25) is 0 Å². The average Bonchev–Trinajstić information content (AvgIpc) is 2.13. The Morgan fingerprint density at radius 2 is 1.72 bits per heavy atom. The number of hydrogen-bond donors (Lipinski definition) is 1. The first-order chi connectivity index (χ1) is 8.06. The van der Waals surface area contributed by atoms with Crippen LogP contribution in [-0.2, 0) is 14.8 Å². The van der Waals surface area contributed by atoms with Crippen molar-refractivity contribution in [2.45, 2.75) is 40.7 Å². The van der Waals surface area contributed by atoms with E-state index in [1.54, 1.807) is 7.05 Å². The monoisotopic (exact) mass is 278 g/mol. The standard InChI is InChI=1S/C12H26N2O3S/c1-9(2)8-18(16,17)14(6)7-10(3)11(4)13-12(5)15/h9-11H,7-8H2,1-6H3,(H,13,15). The molecule has 18 heavy (non-hydrogen) atoms. The second-order valence-electron chi connectivity index (χ2n) is 5.42. The van der Waals surface area contributed by atoms with Crippen LogP contribution in [0, 0.1) is 11.8 Å². The molecule has 0 radical (unpaired) electrons. The van der Waals surface area contributed by atoms with Crippen molar-refractivity contribution in [1.29, 1.82) is 0 Å². The minimum absolute atomic E-state index is 0.0424. The van der Waals surface area contributed by atoms with Crippen LogP contribution in [0.4, 0.5) is 0 Å². The molecular formula is C12H26N2O3S. The summed E-state index contributed by atoms with van der Waals surface area (Å²) in [5, 5.41) is 2.78. The number of hydrogen-bond acceptors (Lipinski definition) is 3. The topological polar surface area (TPSA) is 66.5 Å². The number of carbonyl (C=O) groups is 1. The van der Waals surface area contributed by atoms with Crippen molar-refractivity contribution in [2.75, 3.05) is 19.3 Å². The summed E-state index contributed by atoms with van der Waals surface area (Å²) in [5.74, 6) is 0.244. The largest absolute Gasteiger partial charge is 0.354 e. The normalized spacial score (nSPS) is 15.8.